The summed E-state index contributed by atoms with van der Waals surface area (Å²) >= 11 is 0. The van der Waals surface area contributed by atoms with E-state index in [0.717, 1.165) is 28.8 Å². The first-order valence-electron chi connectivity index (χ1n) is 11.6. The van der Waals surface area contributed by atoms with Crippen molar-refractivity contribution in [2.45, 2.75) is 37.5 Å². The van der Waals surface area contributed by atoms with Crippen molar-refractivity contribution in [1.29, 1.82) is 0 Å². The van der Waals surface area contributed by atoms with E-state index >= 15 is 0 Å². The van der Waals surface area contributed by atoms with Crippen LogP contribution < -0.4 is 20.1 Å². The van der Waals surface area contributed by atoms with E-state index in [1.165, 1.54) is 12.1 Å². The maximum absolute atomic E-state index is 13.1. The fourth-order valence-electron chi connectivity index (χ4n) is 4.21. The number of nitrogens with one attached hydrogen (secondary N) is 2. The fraction of sp³-hybridized carbons (Fsp3) is 0.321. The molecule has 0 fully saturated rings. The molecular formula is C28H31F3N2O3. The molecule has 192 valence electrons. The van der Waals surface area contributed by atoms with Crippen LogP contribution in [0.2, 0.25) is 0 Å². The van der Waals surface area contributed by atoms with E-state index in [-0.39, 0.29) is 11.9 Å². The number of aryl methyl sites for hydroxylation is 1. The van der Waals surface area contributed by atoms with E-state index in [4.69, 9.17) is 9.47 Å². The lowest BCUT2D eigenvalue weighted by molar-refractivity contribution is -0.137. The minimum absolute atomic E-state index is 0.214. The van der Waals surface area contributed by atoms with Crippen molar-refractivity contribution < 1.29 is 27.4 Å². The summed E-state index contributed by atoms with van der Waals surface area (Å²) in [6, 6.07) is 19.7. The minimum atomic E-state index is -4.38. The maximum Gasteiger partial charge on any atom is 0.416 e. The van der Waals surface area contributed by atoms with Gasteiger partial charge in [-0.2, -0.15) is 13.2 Å². The van der Waals surface area contributed by atoms with Gasteiger partial charge in [-0.1, -0.05) is 48.5 Å². The number of ether oxygens (including phenoxy) is 2. The molecule has 3 rings (SSSR count). The summed E-state index contributed by atoms with van der Waals surface area (Å²) in [4.78, 5) is 13.1. The molecule has 3 aromatic carbocycles. The number of hydrogen-bond donors (Lipinski definition) is 2. The molecule has 36 heavy (non-hydrogen) atoms. The van der Waals surface area contributed by atoms with Gasteiger partial charge in [0.05, 0.1) is 19.8 Å². The summed E-state index contributed by atoms with van der Waals surface area (Å²) in [6.07, 6.45) is -3.38. The van der Waals surface area contributed by atoms with Gasteiger partial charge in [0.1, 0.15) is 5.54 Å². The number of benzene rings is 3. The number of hydrogen-bond acceptors (Lipinski definition) is 4. The summed E-state index contributed by atoms with van der Waals surface area (Å²) in [6.45, 7) is 1.81. The van der Waals surface area contributed by atoms with Crippen LogP contribution in [0.3, 0.4) is 0 Å². The quantitative estimate of drug-likeness (QED) is 0.378. The van der Waals surface area contributed by atoms with Crippen molar-refractivity contribution in [2.24, 2.45) is 0 Å². The zero-order valence-corrected chi connectivity index (χ0v) is 20.8. The van der Waals surface area contributed by atoms with E-state index in [0.29, 0.717) is 24.3 Å². The second kappa shape index (κ2) is 11.5. The molecule has 0 saturated carbocycles. The van der Waals surface area contributed by atoms with Gasteiger partial charge >= 0.3 is 6.18 Å². The molecule has 0 saturated heterocycles. The highest BCUT2D eigenvalue weighted by molar-refractivity contribution is 5.87. The van der Waals surface area contributed by atoms with Gasteiger partial charge in [0.2, 0.25) is 5.91 Å². The van der Waals surface area contributed by atoms with E-state index in [1.807, 2.05) is 49.4 Å². The number of carbonyl (C=O) groups is 1. The van der Waals surface area contributed by atoms with Gasteiger partial charge in [-0.3, -0.25) is 10.1 Å². The van der Waals surface area contributed by atoms with Crippen molar-refractivity contribution in [1.82, 2.24) is 10.6 Å². The summed E-state index contributed by atoms with van der Waals surface area (Å²) in [7, 11) is 4.68. The average molecular weight is 501 g/mol. The van der Waals surface area contributed by atoms with Gasteiger partial charge in [0, 0.05) is 13.1 Å². The average Bonchev–Trinajstić information content (AvgIpc) is 2.90. The van der Waals surface area contributed by atoms with Crippen molar-refractivity contribution in [3.05, 3.63) is 95.1 Å². The van der Waals surface area contributed by atoms with Crippen LogP contribution in [0.4, 0.5) is 13.2 Å². The summed E-state index contributed by atoms with van der Waals surface area (Å²) in [5, 5.41) is 6.26. The van der Waals surface area contributed by atoms with Gasteiger partial charge in [0.15, 0.2) is 11.5 Å². The highest BCUT2D eigenvalue weighted by Gasteiger charge is 2.37. The Morgan fingerprint density at radius 2 is 1.53 bits per heavy atom. The fourth-order valence-corrected chi connectivity index (χ4v) is 4.21. The molecular weight excluding hydrogens is 469 g/mol. The predicted octanol–water partition coefficient (Wildman–Crippen LogP) is 5.65. The second-order valence-corrected chi connectivity index (χ2v) is 8.61. The Bertz CT molecular complexity index is 1150. The van der Waals surface area contributed by atoms with Gasteiger partial charge < -0.3 is 14.8 Å². The first-order chi connectivity index (χ1) is 17.1. The van der Waals surface area contributed by atoms with Crippen LogP contribution >= 0.6 is 0 Å². The Hall–Kier alpha value is -3.52. The normalized spacial score (nSPS) is 14.0. The molecule has 0 aliphatic rings. The van der Waals surface area contributed by atoms with Crippen LogP contribution in [0.25, 0.3) is 0 Å². The number of rotatable bonds is 10. The van der Waals surface area contributed by atoms with Crippen molar-refractivity contribution in [3.63, 3.8) is 0 Å². The minimum Gasteiger partial charge on any atom is -0.493 e. The predicted molar refractivity (Wildman–Crippen MR) is 133 cm³/mol. The van der Waals surface area contributed by atoms with Crippen LogP contribution in [0.15, 0.2) is 72.8 Å². The summed E-state index contributed by atoms with van der Waals surface area (Å²) in [5.74, 6) is 0.895. The van der Waals surface area contributed by atoms with Gasteiger partial charge in [0.25, 0.3) is 0 Å². The molecule has 0 heterocycles. The first-order valence-corrected chi connectivity index (χ1v) is 11.6. The van der Waals surface area contributed by atoms with Gasteiger partial charge in [-0.05, 0) is 60.7 Å². The second-order valence-electron chi connectivity index (χ2n) is 8.61. The van der Waals surface area contributed by atoms with Crippen LogP contribution in [0, 0.1) is 0 Å². The number of likely N-dealkylation sites (N-methyl/N-ethyl adjacent to an activating group) is 1. The number of carbonyl (C=O) groups excluding carboxylic acids is 1. The molecule has 0 aromatic heterocycles. The van der Waals surface area contributed by atoms with Crippen LogP contribution in [0.5, 0.6) is 11.5 Å². The largest absolute Gasteiger partial charge is 0.493 e. The molecule has 2 atom stereocenters. The number of halogens is 3. The third kappa shape index (κ3) is 6.18. The summed E-state index contributed by atoms with van der Waals surface area (Å²) in [5.41, 5.74) is 0.636. The number of amides is 1. The molecule has 1 amide bonds. The molecule has 0 aliphatic heterocycles. The Kier molecular flexibility index (Phi) is 8.63. The molecule has 3 aromatic rings. The zero-order chi connectivity index (χ0) is 26.3. The Labute approximate surface area is 209 Å². The Balaban J connectivity index is 1.97. The van der Waals surface area contributed by atoms with Gasteiger partial charge in [-0.25, -0.2) is 0 Å². The molecule has 0 aliphatic carbocycles. The third-order valence-electron chi connectivity index (χ3n) is 6.31. The number of alkyl halides is 3. The van der Waals surface area contributed by atoms with Crippen molar-refractivity contribution in [3.8, 4) is 11.5 Å². The first kappa shape index (κ1) is 27.1. The monoisotopic (exact) mass is 500 g/mol. The standard InChI is InChI=1S/C28H31F3N2O3/c1-27(26(34)32-2,21-8-6-5-7-9-21)33-23(20-13-17-24(35-3)25(18-20)36-4)16-12-19-10-14-22(15-11-19)28(29,30)31/h5-11,13-15,17-18,23,33H,12,16H2,1-4H3,(H,32,34). The highest BCUT2D eigenvalue weighted by atomic mass is 19.4. The molecule has 5 nitrogen and oxygen atoms in total. The molecule has 2 unspecified atom stereocenters. The molecule has 0 radical (unpaired) electrons. The Morgan fingerprint density at radius 1 is 0.889 bits per heavy atom. The van der Waals surface area contributed by atoms with Crippen molar-refractivity contribution >= 4 is 5.91 Å². The van der Waals surface area contributed by atoms with Crippen LogP contribution in [-0.4, -0.2) is 27.2 Å². The maximum atomic E-state index is 13.1. The SMILES string of the molecule is CNC(=O)C(C)(NC(CCc1ccc(C(F)(F)F)cc1)c1ccc(OC)c(OC)c1)c1ccccc1. The lowest BCUT2D eigenvalue weighted by Gasteiger charge is -2.35. The van der Waals surface area contributed by atoms with E-state index in [2.05, 4.69) is 10.6 Å². The lowest BCUT2D eigenvalue weighted by Crippen LogP contribution is -2.52. The molecule has 0 spiro atoms. The molecule has 2 N–H and O–H groups in total. The van der Waals surface area contributed by atoms with Gasteiger partial charge in [-0.15, -0.1) is 0 Å². The highest BCUT2D eigenvalue weighted by Crippen LogP contribution is 2.35. The molecule has 8 heteroatoms. The zero-order valence-electron chi connectivity index (χ0n) is 20.8. The topological polar surface area (TPSA) is 59.6 Å². The van der Waals surface area contributed by atoms with Crippen molar-refractivity contribution in [2.75, 3.05) is 21.3 Å². The number of methoxy groups -OCH3 is 2. The smallest absolute Gasteiger partial charge is 0.416 e. The van der Waals surface area contributed by atoms with E-state index in [9.17, 15) is 18.0 Å². The van der Waals surface area contributed by atoms with Crippen LogP contribution in [-0.2, 0) is 22.9 Å². The van der Waals surface area contributed by atoms with E-state index < -0.39 is 17.3 Å². The van der Waals surface area contributed by atoms with Crippen LogP contribution in [0.1, 0.15) is 41.6 Å². The molecule has 0 bridgehead atoms. The summed E-state index contributed by atoms with van der Waals surface area (Å²) < 4.78 is 49.8. The Morgan fingerprint density at radius 3 is 2.08 bits per heavy atom. The third-order valence-corrected chi connectivity index (χ3v) is 6.31. The van der Waals surface area contributed by atoms with E-state index in [1.54, 1.807) is 27.3 Å². The lowest BCUT2D eigenvalue weighted by atomic mass is 9.87.